The van der Waals surface area contributed by atoms with Crippen molar-refractivity contribution >= 4 is 5.97 Å². The molecule has 0 unspecified atom stereocenters. The summed E-state index contributed by atoms with van der Waals surface area (Å²) in [5.74, 6) is -1.27. The Morgan fingerprint density at radius 2 is 2.16 bits per heavy atom. The van der Waals surface area contributed by atoms with Crippen LogP contribution in [0.25, 0.3) is 22.5 Å². The number of H-pyrrole nitrogens is 1. The van der Waals surface area contributed by atoms with E-state index >= 15 is 0 Å². The highest BCUT2D eigenvalue weighted by molar-refractivity contribution is 5.95. The molecule has 8 heteroatoms. The highest BCUT2D eigenvalue weighted by Crippen LogP contribution is 2.39. The molecule has 0 atom stereocenters. The molecule has 2 aromatic heterocycles. The molecule has 1 saturated heterocycles. The Morgan fingerprint density at radius 1 is 1.35 bits per heavy atom. The molecule has 1 aliphatic heterocycles. The maximum Gasteiger partial charge on any atom is 0.337 e. The number of methoxy groups -OCH3 is 1. The lowest BCUT2D eigenvalue weighted by Gasteiger charge is -2.37. The number of benzene rings is 1. The molecule has 3 heterocycles. The van der Waals surface area contributed by atoms with Crippen LogP contribution in [0.2, 0.25) is 0 Å². The number of pyridine rings is 1. The highest BCUT2D eigenvalue weighted by atomic mass is 19.1. The van der Waals surface area contributed by atoms with Crippen molar-refractivity contribution in [3.8, 4) is 28.3 Å². The first kappa shape index (κ1) is 19.7. The molecule has 160 valence electrons. The third kappa shape index (κ3) is 3.28. The summed E-state index contributed by atoms with van der Waals surface area (Å²) in [5.41, 5.74) is 11.3. The molecular weight excluding hydrogens is 401 g/mol. The van der Waals surface area contributed by atoms with E-state index in [1.807, 2.05) is 6.07 Å². The van der Waals surface area contributed by atoms with E-state index in [2.05, 4.69) is 9.97 Å². The Morgan fingerprint density at radius 3 is 2.81 bits per heavy atom. The van der Waals surface area contributed by atoms with Crippen molar-refractivity contribution in [1.29, 1.82) is 0 Å². The average molecular weight is 423 g/mol. The van der Waals surface area contributed by atoms with Crippen LogP contribution in [0.4, 0.5) is 4.39 Å². The molecule has 5 rings (SSSR count). The van der Waals surface area contributed by atoms with Gasteiger partial charge in [0.2, 0.25) is 0 Å². The van der Waals surface area contributed by atoms with Gasteiger partial charge in [0.1, 0.15) is 0 Å². The van der Waals surface area contributed by atoms with Crippen LogP contribution in [0.1, 0.15) is 27.2 Å². The van der Waals surface area contributed by atoms with E-state index < -0.39 is 17.3 Å². The van der Waals surface area contributed by atoms with E-state index in [-0.39, 0.29) is 5.75 Å². The second-order valence-electron chi connectivity index (χ2n) is 8.25. The fraction of sp³-hybridized carbons (Fsp3) is 0.304. The largest absolute Gasteiger partial charge is 0.494 e. The lowest BCUT2D eigenvalue weighted by Crippen LogP contribution is -2.59. The fourth-order valence-corrected chi connectivity index (χ4v) is 4.44. The van der Waals surface area contributed by atoms with Gasteiger partial charge >= 0.3 is 5.97 Å². The quantitative estimate of drug-likeness (QED) is 0.582. The van der Waals surface area contributed by atoms with Crippen LogP contribution < -0.4 is 10.5 Å². The van der Waals surface area contributed by atoms with Gasteiger partial charge in [-0.05, 0) is 48.2 Å². The Kier molecular flexibility index (Phi) is 4.56. The van der Waals surface area contributed by atoms with Crippen molar-refractivity contribution in [3.05, 3.63) is 58.7 Å². The molecule has 0 spiro atoms. The predicted octanol–water partition coefficient (Wildman–Crippen LogP) is 2.96. The first-order valence-corrected chi connectivity index (χ1v) is 10.1. The smallest absolute Gasteiger partial charge is 0.337 e. The van der Waals surface area contributed by atoms with E-state index in [0.29, 0.717) is 55.0 Å². The predicted molar refractivity (Wildman–Crippen MR) is 112 cm³/mol. The number of carbonyl (C=O) groups is 1. The number of rotatable bonds is 5. The van der Waals surface area contributed by atoms with Crippen LogP contribution in [0.15, 0.2) is 30.5 Å². The van der Waals surface area contributed by atoms with E-state index in [9.17, 15) is 14.3 Å². The molecule has 0 bridgehead atoms. The zero-order valence-electron chi connectivity index (χ0n) is 17.0. The third-order valence-corrected chi connectivity index (χ3v) is 6.05. The van der Waals surface area contributed by atoms with Crippen molar-refractivity contribution in [2.75, 3.05) is 20.3 Å². The third-order valence-electron chi connectivity index (χ3n) is 6.05. The first-order chi connectivity index (χ1) is 14.9. The van der Waals surface area contributed by atoms with Gasteiger partial charge in [0.05, 0.1) is 42.8 Å². The number of nitrogens with zero attached hydrogens (tertiary/aromatic N) is 1. The van der Waals surface area contributed by atoms with Crippen LogP contribution in [0.5, 0.6) is 5.75 Å². The van der Waals surface area contributed by atoms with Gasteiger partial charge in [-0.1, -0.05) is 0 Å². The average Bonchev–Trinajstić information content (AvgIpc) is 3.10. The Balaban J connectivity index is 1.60. The first-order valence-electron chi connectivity index (χ1n) is 10.1. The van der Waals surface area contributed by atoms with Gasteiger partial charge in [-0.15, -0.1) is 0 Å². The number of carboxylic acid groups (broad SMARTS) is 1. The number of nitrogens with one attached hydrogen (secondary N) is 1. The summed E-state index contributed by atoms with van der Waals surface area (Å²) in [5, 5.41) is 9.90. The van der Waals surface area contributed by atoms with Gasteiger partial charge in [-0.25, -0.2) is 9.18 Å². The Labute approximate surface area is 178 Å². The zero-order chi connectivity index (χ0) is 21.8. The molecule has 0 saturated carbocycles. The maximum absolute atomic E-state index is 14.2. The Bertz CT molecular complexity index is 1200. The highest BCUT2D eigenvalue weighted by Gasteiger charge is 2.38. The molecule has 0 amide bonds. The summed E-state index contributed by atoms with van der Waals surface area (Å²) in [6, 6.07) is 6.58. The van der Waals surface area contributed by atoms with Gasteiger partial charge in [-0.3, -0.25) is 4.98 Å². The Hall–Kier alpha value is -3.23. The number of aromatic carboxylic acids is 1. The van der Waals surface area contributed by atoms with Crippen LogP contribution in [-0.4, -0.2) is 46.9 Å². The van der Waals surface area contributed by atoms with Crippen molar-refractivity contribution in [1.82, 2.24) is 9.97 Å². The number of ether oxygens (including phenoxy) is 2. The number of hydrogen-bond donors (Lipinski definition) is 3. The minimum absolute atomic E-state index is 0.166. The summed E-state index contributed by atoms with van der Waals surface area (Å²) >= 11 is 0. The van der Waals surface area contributed by atoms with Crippen molar-refractivity contribution in [3.63, 3.8) is 0 Å². The number of nitrogens with two attached hydrogens (primary N) is 1. The van der Waals surface area contributed by atoms with Gasteiger partial charge in [0, 0.05) is 29.4 Å². The monoisotopic (exact) mass is 423 g/mol. The van der Waals surface area contributed by atoms with Gasteiger partial charge in [0.25, 0.3) is 0 Å². The standard InChI is InChI=1S/C23H22FN3O4/c1-30-19-5-3-12(6-16(19)24)17-7-15-13(9-26-17)2-4-14-20(22(28)29)18(27-21(14)15)8-23(25)10-31-11-23/h3,5-7,9,27H,2,4,8,10-11,25H2,1H3,(H,28,29). The number of halogens is 1. The lowest BCUT2D eigenvalue weighted by molar-refractivity contribution is -0.0533. The molecule has 31 heavy (non-hydrogen) atoms. The van der Waals surface area contributed by atoms with Crippen LogP contribution in [0, 0.1) is 5.82 Å². The SMILES string of the molecule is COc1ccc(-c2cc3c(cn2)CCc2c-3[nH]c(CC3(N)COC3)c2C(=O)O)cc1F. The van der Waals surface area contributed by atoms with Crippen LogP contribution >= 0.6 is 0 Å². The molecule has 1 aromatic carbocycles. The van der Waals surface area contributed by atoms with Gasteiger partial charge in [0.15, 0.2) is 11.6 Å². The summed E-state index contributed by atoms with van der Waals surface area (Å²) in [6.45, 7) is 0.812. The molecule has 2 aliphatic rings. The normalized spacial score (nSPS) is 16.2. The summed E-state index contributed by atoms with van der Waals surface area (Å²) in [7, 11) is 1.42. The number of aromatic nitrogens is 2. The molecule has 7 nitrogen and oxygen atoms in total. The molecule has 4 N–H and O–H groups in total. The van der Waals surface area contributed by atoms with Gasteiger partial charge < -0.3 is 25.3 Å². The number of aromatic amines is 1. The van der Waals surface area contributed by atoms with Crippen LogP contribution in [-0.2, 0) is 24.0 Å². The molecule has 3 aromatic rings. The van der Waals surface area contributed by atoms with Crippen molar-refractivity contribution < 1.29 is 23.8 Å². The number of hydrogen-bond acceptors (Lipinski definition) is 5. The second kappa shape index (κ2) is 7.18. The second-order valence-corrected chi connectivity index (χ2v) is 8.25. The summed E-state index contributed by atoms with van der Waals surface area (Å²) < 4.78 is 24.4. The fourth-order valence-electron chi connectivity index (χ4n) is 4.44. The topological polar surface area (TPSA) is 110 Å². The zero-order valence-corrected chi connectivity index (χ0v) is 17.0. The van der Waals surface area contributed by atoms with E-state index in [4.69, 9.17) is 15.2 Å². The summed E-state index contributed by atoms with van der Waals surface area (Å²) in [4.78, 5) is 19.9. The van der Waals surface area contributed by atoms with E-state index in [0.717, 1.165) is 22.4 Å². The van der Waals surface area contributed by atoms with Crippen molar-refractivity contribution in [2.45, 2.75) is 24.8 Å². The number of fused-ring (bicyclic) bond motifs is 3. The molecule has 0 radical (unpaired) electrons. The lowest BCUT2D eigenvalue weighted by atomic mass is 9.87. The molecule has 1 fully saturated rings. The minimum Gasteiger partial charge on any atom is -0.494 e. The molecule has 1 aliphatic carbocycles. The number of carboxylic acids is 1. The number of aryl methyl sites for hydroxylation is 1. The summed E-state index contributed by atoms with van der Waals surface area (Å²) in [6.07, 6.45) is 3.47. The van der Waals surface area contributed by atoms with Crippen molar-refractivity contribution in [2.24, 2.45) is 5.73 Å². The maximum atomic E-state index is 14.2. The molecular formula is C23H22FN3O4. The van der Waals surface area contributed by atoms with Crippen LogP contribution in [0.3, 0.4) is 0 Å². The van der Waals surface area contributed by atoms with E-state index in [1.165, 1.54) is 13.2 Å². The minimum atomic E-state index is -0.966. The van der Waals surface area contributed by atoms with E-state index in [1.54, 1.807) is 18.3 Å². The van der Waals surface area contributed by atoms with Gasteiger partial charge in [-0.2, -0.15) is 0 Å².